The molecular weight excluding hydrogens is 1450 g/mol. The smallest absolute Gasteiger partial charge is 0.343 e. The molecule has 18 heteroatoms. The Morgan fingerprint density at radius 2 is 0.603 bits per heavy atom. The van der Waals surface area contributed by atoms with Gasteiger partial charge in [-0.1, -0.05) is 285 Å². The van der Waals surface area contributed by atoms with Crippen molar-refractivity contribution < 1.29 is 38.1 Å². The highest BCUT2D eigenvalue weighted by Gasteiger charge is 2.29. The molecule has 10 aromatic carbocycles. The van der Waals surface area contributed by atoms with Crippen LogP contribution in [-0.4, -0.2) is 72.4 Å². The van der Waals surface area contributed by atoms with E-state index in [2.05, 4.69) is 121 Å². The minimum absolute atomic E-state index is 0.0142. The van der Waals surface area contributed by atoms with Crippen LogP contribution in [0.4, 0.5) is 0 Å². The van der Waals surface area contributed by atoms with Crippen LogP contribution in [0, 0.1) is 43.3 Å². The summed E-state index contributed by atoms with van der Waals surface area (Å²) in [5.41, 5.74) is 26.4. The van der Waals surface area contributed by atoms with Crippen LogP contribution in [0.3, 0.4) is 0 Å². The zero-order valence-electron chi connectivity index (χ0n) is 74.4. The number of benzene rings is 10. The highest BCUT2D eigenvalue weighted by Crippen LogP contribution is 2.32. The lowest BCUT2D eigenvalue weighted by atomic mass is 9.91. The summed E-state index contributed by atoms with van der Waals surface area (Å²) in [6.07, 6.45) is 7.84. The maximum absolute atomic E-state index is 12.2. The quantitative estimate of drug-likeness (QED) is 0.0186. The Morgan fingerprint density at radius 1 is 0.319 bits per heavy atom. The summed E-state index contributed by atoms with van der Waals surface area (Å²) in [5.74, 6) is 0.403. The second-order valence-electron chi connectivity index (χ2n) is 32.9. The molecule has 628 valence electrons. The van der Waals surface area contributed by atoms with E-state index in [4.69, 9.17) is 63.5 Å². The van der Waals surface area contributed by atoms with E-state index in [0.717, 1.165) is 43.1 Å². The highest BCUT2D eigenvalue weighted by molar-refractivity contribution is 6.11. The lowest BCUT2D eigenvalue weighted by Crippen LogP contribution is -2.47. The molecule has 0 atom stereocenters. The molecule has 0 unspecified atom stereocenters. The molecule has 0 aliphatic carbocycles. The normalized spacial score (nSPS) is 10.8. The number of nitrogens with one attached hydrogen (secondary N) is 6. The van der Waals surface area contributed by atoms with E-state index in [1.165, 1.54) is 38.5 Å². The van der Waals surface area contributed by atoms with E-state index in [-0.39, 0.29) is 41.3 Å². The molecule has 0 heterocycles. The van der Waals surface area contributed by atoms with Crippen LogP contribution in [-0.2, 0) is 9.59 Å². The Balaban J connectivity index is 0.000000692. The van der Waals surface area contributed by atoms with Crippen molar-refractivity contribution in [3.63, 3.8) is 0 Å². The minimum Gasteiger partial charge on any atom is -0.425 e. The summed E-state index contributed by atoms with van der Waals surface area (Å²) in [6, 6.07) is 60.9. The van der Waals surface area contributed by atoms with Crippen LogP contribution < -0.4 is 52.5 Å². The van der Waals surface area contributed by atoms with Crippen LogP contribution in [0.25, 0.3) is 43.1 Å². The van der Waals surface area contributed by atoms with Gasteiger partial charge in [0.05, 0.1) is 11.1 Å². The average molecular weight is 1580 g/mol. The van der Waals surface area contributed by atoms with Crippen LogP contribution in [0.2, 0.25) is 0 Å². The van der Waals surface area contributed by atoms with Gasteiger partial charge in [-0.05, 0) is 194 Å². The first kappa shape index (κ1) is 103. The summed E-state index contributed by atoms with van der Waals surface area (Å²) in [7, 11) is 3.42. The van der Waals surface area contributed by atoms with Crippen LogP contribution in [0.15, 0.2) is 206 Å². The molecule has 0 aliphatic rings. The van der Waals surface area contributed by atoms with Crippen molar-refractivity contribution in [1.29, 1.82) is 21.6 Å². The number of rotatable bonds is 16. The summed E-state index contributed by atoms with van der Waals surface area (Å²) in [4.78, 5) is 48.4. The SMILES string of the molecule is CC.CC.CCC(C)(C)C.CCC(C)(C)C.CCCC(C)(C)C.CCCC(C)(C)C.CNC(C)(C)C(=O)Oc1ccc(C(=N)N)c2ccccc12.CNC(C)(C)C(=O)Oc1ccc2cc(C(=N)N)ccc2c1.N=C(N)c1ccc(OC(=O)c2ccccc2)c2ccccc12.N=C(N)c1ccc2cc(OC(=O)c3ccccc3)ccc2c1. The van der Waals surface area contributed by atoms with Gasteiger partial charge in [0.25, 0.3) is 0 Å². The van der Waals surface area contributed by atoms with Gasteiger partial charge in [0.1, 0.15) is 57.4 Å². The Labute approximate surface area is 694 Å². The van der Waals surface area contributed by atoms with Crippen LogP contribution in [0.5, 0.6) is 23.0 Å². The summed E-state index contributed by atoms with van der Waals surface area (Å²) in [5, 5.41) is 42.8. The van der Waals surface area contributed by atoms with Crippen molar-refractivity contribution in [1.82, 2.24) is 10.6 Å². The number of likely N-dealkylation sites (N-methyl/N-ethyl adjacent to an activating group) is 2. The van der Waals surface area contributed by atoms with E-state index in [9.17, 15) is 19.2 Å². The summed E-state index contributed by atoms with van der Waals surface area (Å²) >= 11 is 0. The monoisotopic (exact) mass is 1580 g/mol. The molecule has 0 saturated heterocycles. The second kappa shape index (κ2) is 49.6. The Hall–Kier alpha value is -11.1. The number of esters is 4. The Bertz CT molecular complexity index is 4720. The predicted octanol–water partition coefficient (Wildman–Crippen LogP) is 23.3. The van der Waals surface area contributed by atoms with Crippen molar-refractivity contribution in [2.75, 3.05) is 14.1 Å². The number of amidine groups is 4. The molecular formula is C98H138N10O8. The van der Waals surface area contributed by atoms with Gasteiger partial charge in [0.15, 0.2) is 0 Å². The number of carbonyl (C=O) groups excluding carboxylic acids is 4. The number of nitrogen functional groups attached to an aromatic ring is 4. The maximum atomic E-state index is 12.2. The Kier molecular flexibility index (Phi) is 44.0. The fraction of sp³-hybridized carbons (Fsp3) is 0.388. The fourth-order valence-electron chi connectivity index (χ4n) is 9.74. The molecule has 0 aromatic heterocycles. The Morgan fingerprint density at radius 3 is 0.897 bits per heavy atom. The van der Waals surface area contributed by atoms with Gasteiger partial charge < -0.3 is 52.5 Å². The van der Waals surface area contributed by atoms with Crippen LogP contribution >= 0.6 is 0 Å². The molecule has 0 bridgehead atoms. The third-order valence-electron chi connectivity index (χ3n) is 17.8. The van der Waals surface area contributed by atoms with E-state index in [1.54, 1.807) is 151 Å². The summed E-state index contributed by atoms with van der Waals surface area (Å²) < 4.78 is 21.8. The molecule has 10 rings (SSSR count). The van der Waals surface area contributed by atoms with Gasteiger partial charge in [-0.25, -0.2) is 19.2 Å². The largest absolute Gasteiger partial charge is 0.425 e. The topological polar surface area (TPSA) is 329 Å². The van der Waals surface area contributed by atoms with Gasteiger partial charge in [-0.15, -0.1) is 0 Å². The lowest BCUT2D eigenvalue weighted by Gasteiger charge is -2.22. The molecule has 0 amide bonds. The summed E-state index contributed by atoms with van der Waals surface area (Å²) in [6.45, 7) is 51.0. The third kappa shape index (κ3) is 37.5. The first-order chi connectivity index (χ1) is 54.2. The molecule has 0 fully saturated rings. The van der Waals surface area contributed by atoms with Crippen molar-refractivity contribution >= 4 is 90.3 Å². The van der Waals surface area contributed by atoms with Crippen molar-refractivity contribution in [3.8, 4) is 23.0 Å². The zero-order valence-corrected chi connectivity index (χ0v) is 74.4. The molecule has 18 nitrogen and oxygen atoms in total. The molecule has 14 N–H and O–H groups in total. The number of nitrogens with two attached hydrogens (primary N) is 4. The number of hydrogen-bond acceptors (Lipinski definition) is 14. The van der Waals surface area contributed by atoms with Gasteiger partial charge in [0, 0.05) is 33.0 Å². The maximum Gasteiger partial charge on any atom is 0.343 e. The van der Waals surface area contributed by atoms with Crippen LogP contribution in [0.1, 0.15) is 248 Å². The van der Waals surface area contributed by atoms with Gasteiger partial charge in [-0.3, -0.25) is 21.6 Å². The van der Waals surface area contributed by atoms with E-state index in [0.29, 0.717) is 78.0 Å². The molecule has 0 aliphatic heterocycles. The lowest BCUT2D eigenvalue weighted by molar-refractivity contribution is -0.141. The predicted molar refractivity (Wildman–Crippen MR) is 491 cm³/mol. The third-order valence-corrected chi connectivity index (χ3v) is 17.8. The molecule has 116 heavy (non-hydrogen) atoms. The standard InChI is InChI=1S/2C18H14N2O2.2C16H19N3O2.2C7H16.2C6H14.2C2H6/c19-17(20)15-10-11-16(14-9-5-4-8-13(14)15)22-18(21)12-6-2-1-3-7-12;19-17(20)15-7-6-14-11-16(9-8-13(14)10-15)22-18(21)12-4-2-1-3-5-12;1-16(2,19-3)15(20)21-13-7-6-10-8-12(14(17)18)5-4-11(10)9-13;1-16(2,19-3)15(20)21-13-9-8-12(14(17)18)10-6-4-5-7-11(10)13;2*1-5-6-7(2,3)4;2*1-5-6(2,3)4;2*1-2/h2*1-11H,(H3,19,20);2*4-9,19H,1-3H3,(H3,17,18);2*5-6H2,1-4H3;2*5H2,1-4H3;2*1-2H3. The number of fused-ring (bicyclic) bond motifs is 4. The molecule has 0 spiro atoms. The van der Waals surface area contributed by atoms with E-state index >= 15 is 0 Å². The van der Waals surface area contributed by atoms with Crippen molar-refractivity contribution in [3.05, 3.63) is 240 Å². The first-order valence-corrected chi connectivity index (χ1v) is 40.1. The first-order valence-electron chi connectivity index (χ1n) is 40.1. The average Bonchev–Trinajstić information content (AvgIpc) is 0.805. The molecule has 0 radical (unpaired) electrons. The number of carbonyl (C=O) groups is 4. The van der Waals surface area contributed by atoms with Crippen molar-refractivity contribution in [2.45, 2.75) is 216 Å². The van der Waals surface area contributed by atoms with Gasteiger partial charge in [-0.2, -0.15) is 0 Å². The second-order valence-corrected chi connectivity index (χ2v) is 32.9. The van der Waals surface area contributed by atoms with E-state index < -0.39 is 17.0 Å². The van der Waals surface area contributed by atoms with E-state index in [1.807, 2.05) is 125 Å². The number of hydrogen-bond donors (Lipinski definition) is 10. The molecule has 10 aromatic rings. The van der Waals surface area contributed by atoms with Crippen molar-refractivity contribution in [2.24, 2.45) is 44.6 Å². The zero-order chi connectivity index (χ0) is 88.5. The van der Waals surface area contributed by atoms with Gasteiger partial charge >= 0.3 is 23.9 Å². The minimum atomic E-state index is -0.777. The fourth-order valence-corrected chi connectivity index (χ4v) is 9.74. The number of ether oxygens (including phenoxy) is 4. The van der Waals surface area contributed by atoms with Gasteiger partial charge in [0.2, 0.25) is 0 Å². The highest BCUT2D eigenvalue weighted by atomic mass is 16.5. The molecule has 0 saturated carbocycles.